The number of nitrogens with one attached hydrogen (secondary N) is 1. The summed E-state index contributed by atoms with van der Waals surface area (Å²) in [5.74, 6) is 0. The molecule has 3 heteroatoms. The van der Waals surface area contributed by atoms with Gasteiger partial charge in [0.2, 0.25) is 0 Å². The Morgan fingerprint density at radius 1 is 1.46 bits per heavy atom. The molecule has 0 aromatic rings. The van der Waals surface area contributed by atoms with E-state index in [9.17, 15) is 5.11 Å². The summed E-state index contributed by atoms with van der Waals surface area (Å²) in [6.07, 6.45) is 5.04. The number of rotatable bonds is 1. The number of hydrogen-bond acceptors (Lipinski definition) is 3. The maximum Gasteiger partial charge on any atom is 0.0720 e. The van der Waals surface area contributed by atoms with Crippen molar-refractivity contribution in [2.24, 2.45) is 0 Å². The van der Waals surface area contributed by atoms with Crippen molar-refractivity contribution in [3.8, 4) is 0 Å². The van der Waals surface area contributed by atoms with Crippen molar-refractivity contribution in [3.63, 3.8) is 0 Å². The van der Waals surface area contributed by atoms with Crippen molar-refractivity contribution in [3.05, 3.63) is 0 Å². The Labute approximate surface area is 79.5 Å². The van der Waals surface area contributed by atoms with Gasteiger partial charge in [-0.3, -0.25) is 0 Å². The van der Waals surface area contributed by atoms with Gasteiger partial charge in [0.05, 0.1) is 11.7 Å². The molecule has 2 fully saturated rings. The van der Waals surface area contributed by atoms with E-state index in [1.165, 1.54) is 0 Å². The molecule has 13 heavy (non-hydrogen) atoms. The third-order valence-electron chi connectivity index (χ3n) is 3.51. The first-order chi connectivity index (χ1) is 6.26. The van der Waals surface area contributed by atoms with Gasteiger partial charge in [-0.25, -0.2) is 0 Å². The van der Waals surface area contributed by atoms with E-state index in [2.05, 4.69) is 5.32 Å². The molecular weight excluding hydrogens is 166 g/mol. The Kier molecular flexibility index (Phi) is 2.58. The predicted octanol–water partition coefficient (Wildman–Crippen LogP) is 0.668. The van der Waals surface area contributed by atoms with Gasteiger partial charge in [-0.1, -0.05) is 0 Å². The fourth-order valence-corrected chi connectivity index (χ4v) is 2.69. The summed E-state index contributed by atoms with van der Waals surface area (Å²) in [6.45, 7) is 0.886. The normalized spacial score (nSPS) is 45.7. The molecule has 1 aliphatic heterocycles. The molecule has 1 heterocycles. The highest BCUT2D eigenvalue weighted by Crippen LogP contribution is 2.39. The second kappa shape index (κ2) is 3.56. The molecule has 0 aromatic heterocycles. The first-order valence-electron chi connectivity index (χ1n) is 5.25. The topological polar surface area (TPSA) is 41.5 Å². The summed E-state index contributed by atoms with van der Waals surface area (Å²) in [4.78, 5) is 0. The van der Waals surface area contributed by atoms with Crippen LogP contribution in [-0.2, 0) is 4.74 Å². The van der Waals surface area contributed by atoms with Crippen LogP contribution in [0.5, 0.6) is 0 Å². The molecule has 2 aliphatic rings. The van der Waals surface area contributed by atoms with Crippen molar-refractivity contribution in [2.75, 3.05) is 13.7 Å². The second-order valence-corrected chi connectivity index (χ2v) is 4.34. The van der Waals surface area contributed by atoms with Crippen molar-refractivity contribution in [2.45, 2.75) is 49.9 Å². The third-order valence-corrected chi connectivity index (χ3v) is 3.51. The SMILES string of the molecule is CNC1CCC2(CCCO2)CC1O. The van der Waals surface area contributed by atoms with E-state index < -0.39 is 0 Å². The fourth-order valence-electron chi connectivity index (χ4n) is 2.69. The molecule has 3 unspecified atom stereocenters. The van der Waals surface area contributed by atoms with Gasteiger partial charge in [0.1, 0.15) is 0 Å². The molecule has 3 atom stereocenters. The Morgan fingerprint density at radius 2 is 2.31 bits per heavy atom. The molecule has 0 radical (unpaired) electrons. The first kappa shape index (κ1) is 9.44. The van der Waals surface area contributed by atoms with Crippen LogP contribution in [0.3, 0.4) is 0 Å². The van der Waals surface area contributed by atoms with Crippen LogP contribution in [0.1, 0.15) is 32.1 Å². The van der Waals surface area contributed by atoms with Crippen LogP contribution in [0.2, 0.25) is 0 Å². The van der Waals surface area contributed by atoms with Crippen molar-refractivity contribution < 1.29 is 9.84 Å². The zero-order chi connectivity index (χ0) is 9.31. The van der Waals surface area contributed by atoms with Gasteiger partial charge in [-0.05, 0) is 32.7 Å². The van der Waals surface area contributed by atoms with Crippen LogP contribution in [0.4, 0.5) is 0 Å². The number of hydrogen-bond donors (Lipinski definition) is 2. The minimum absolute atomic E-state index is 0.0345. The minimum Gasteiger partial charge on any atom is -0.391 e. The van der Waals surface area contributed by atoms with E-state index in [1.807, 2.05) is 7.05 Å². The van der Waals surface area contributed by atoms with E-state index >= 15 is 0 Å². The van der Waals surface area contributed by atoms with Gasteiger partial charge in [0.15, 0.2) is 0 Å². The van der Waals surface area contributed by atoms with Crippen LogP contribution in [0.15, 0.2) is 0 Å². The summed E-state index contributed by atoms with van der Waals surface area (Å²) in [5, 5.41) is 13.0. The fraction of sp³-hybridized carbons (Fsp3) is 1.00. The molecule has 0 aromatic carbocycles. The molecular formula is C10H19NO2. The minimum atomic E-state index is -0.225. The van der Waals surface area contributed by atoms with Gasteiger partial charge in [0.25, 0.3) is 0 Å². The van der Waals surface area contributed by atoms with Gasteiger partial charge in [-0.15, -0.1) is 0 Å². The van der Waals surface area contributed by atoms with E-state index in [-0.39, 0.29) is 17.7 Å². The smallest absolute Gasteiger partial charge is 0.0720 e. The largest absolute Gasteiger partial charge is 0.391 e. The number of likely N-dealkylation sites (N-methyl/N-ethyl adjacent to an activating group) is 1. The van der Waals surface area contributed by atoms with E-state index in [1.54, 1.807) is 0 Å². The third kappa shape index (κ3) is 1.73. The molecule has 3 nitrogen and oxygen atoms in total. The van der Waals surface area contributed by atoms with Crippen LogP contribution < -0.4 is 5.32 Å². The van der Waals surface area contributed by atoms with Gasteiger partial charge < -0.3 is 15.2 Å². The van der Waals surface area contributed by atoms with E-state index in [4.69, 9.17) is 4.74 Å². The first-order valence-corrected chi connectivity index (χ1v) is 5.25. The molecule has 0 bridgehead atoms. The lowest BCUT2D eigenvalue weighted by Crippen LogP contribution is -2.49. The highest BCUT2D eigenvalue weighted by Gasteiger charge is 2.42. The van der Waals surface area contributed by atoms with Crippen LogP contribution >= 0.6 is 0 Å². The summed E-state index contributed by atoms with van der Waals surface area (Å²) in [5.41, 5.74) is 0.0345. The number of ether oxygens (including phenoxy) is 1. The van der Waals surface area contributed by atoms with Crippen LogP contribution in [0.25, 0.3) is 0 Å². The highest BCUT2D eigenvalue weighted by molar-refractivity contribution is 4.96. The number of aliphatic hydroxyl groups excluding tert-OH is 1. The van der Waals surface area contributed by atoms with Gasteiger partial charge >= 0.3 is 0 Å². The Balaban J connectivity index is 1.97. The molecule has 1 aliphatic carbocycles. The quantitative estimate of drug-likeness (QED) is 0.631. The van der Waals surface area contributed by atoms with Crippen LogP contribution in [-0.4, -0.2) is 36.5 Å². The Morgan fingerprint density at radius 3 is 2.85 bits per heavy atom. The molecule has 1 saturated carbocycles. The predicted molar refractivity (Wildman–Crippen MR) is 50.6 cm³/mol. The maximum absolute atomic E-state index is 9.85. The average Bonchev–Trinajstić information content (AvgIpc) is 2.54. The molecule has 1 spiro atoms. The van der Waals surface area contributed by atoms with Gasteiger partial charge in [-0.2, -0.15) is 0 Å². The summed E-state index contributed by atoms with van der Waals surface area (Å²) in [6, 6.07) is 0.273. The highest BCUT2D eigenvalue weighted by atomic mass is 16.5. The average molecular weight is 185 g/mol. The lowest BCUT2D eigenvalue weighted by atomic mass is 9.79. The van der Waals surface area contributed by atoms with Crippen LogP contribution in [0, 0.1) is 0 Å². The van der Waals surface area contributed by atoms with Gasteiger partial charge in [0, 0.05) is 19.1 Å². The molecule has 2 N–H and O–H groups in total. The van der Waals surface area contributed by atoms with Crippen molar-refractivity contribution in [1.82, 2.24) is 5.32 Å². The molecule has 76 valence electrons. The van der Waals surface area contributed by atoms with Crippen molar-refractivity contribution >= 4 is 0 Å². The Hall–Kier alpha value is -0.120. The molecule has 1 saturated heterocycles. The molecule has 2 rings (SSSR count). The van der Waals surface area contributed by atoms with E-state index in [0.29, 0.717) is 0 Å². The number of aliphatic hydroxyl groups is 1. The molecule has 0 amide bonds. The summed E-state index contributed by atoms with van der Waals surface area (Å²) >= 11 is 0. The van der Waals surface area contributed by atoms with Crippen molar-refractivity contribution in [1.29, 1.82) is 0 Å². The monoisotopic (exact) mass is 185 g/mol. The van der Waals surface area contributed by atoms with E-state index in [0.717, 1.165) is 38.7 Å². The summed E-state index contributed by atoms with van der Waals surface area (Å²) in [7, 11) is 1.92. The lowest BCUT2D eigenvalue weighted by molar-refractivity contribution is -0.0728. The Bertz CT molecular complexity index is 178. The zero-order valence-corrected chi connectivity index (χ0v) is 8.25. The maximum atomic E-state index is 9.85. The standard InChI is InChI=1S/C10H19NO2/c1-11-8-3-5-10(7-9(8)12)4-2-6-13-10/h8-9,11-12H,2-7H2,1H3. The second-order valence-electron chi connectivity index (χ2n) is 4.34. The summed E-state index contributed by atoms with van der Waals surface area (Å²) < 4.78 is 5.76. The zero-order valence-electron chi connectivity index (χ0n) is 8.25. The lowest BCUT2D eigenvalue weighted by Gasteiger charge is -2.39.